The van der Waals surface area contributed by atoms with Crippen LogP contribution in [0.15, 0.2) is 0 Å². The van der Waals surface area contributed by atoms with Gasteiger partial charge in [0.15, 0.2) is 0 Å². The van der Waals surface area contributed by atoms with Crippen LogP contribution in [0.5, 0.6) is 0 Å². The van der Waals surface area contributed by atoms with Gasteiger partial charge in [-0.3, -0.25) is 0 Å². The zero-order valence-corrected chi connectivity index (χ0v) is 12.1. The van der Waals surface area contributed by atoms with Crippen LogP contribution in [0.1, 0.15) is 0 Å². The topological polar surface area (TPSA) is 138 Å². The molecule has 0 aromatic heterocycles. The van der Waals surface area contributed by atoms with E-state index >= 15 is 0 Å². The molecule has 0 bridgehead atoms. The van der Waals surface area contributed by atoms with Gasteiger partial charge in [0.05, 0.1) is 0 Å². The summed E-state index contributed by atoms with van der Waals surface area (Å²) in [6, 6.07) is 0. The van der Waals surface area contributed by atoms with Crippen LogP contribution in [-0.2, 0) is 23.5 Å². The molecular formula is H6Na2O6W. The fraction of sp³-hybridized carbons (Fsp3) is 0. The minimum atomic E-state index is -5.67. The van der Waals surface area contributed by atoms with Crippen molar-refractivity contribution in [3.05, 3.63) is 0 Å². The van der Waals surface area contributed by atoms with Crippen molar-refractivity contribution in [3.8, 4) is 0 Å². The van der Waals surface area contributed by atoms with E-state index in [1.807, 2.05) is 0 Å². The second-order valence-corrected chi connectivity index (χ2v) is 3.67. The van der Waals surface area contributed by atoms with Crippen molar-refractivity contribution in [2.75, 3.05) is 0 Å². The van der Waals surface area contributed by atoms with Crippen LogP contribution >= 0.6 is 0 Å². The van der Waals surface area contributed by atoms with Crippen molar-refractivity contribution >= 4 is 59.1 Å². The molecule has 9 heavy (non-hydrogen) atoms. The fourth-order valence-electron chi connectivity index (χ4n) is 0. The van der Waals surface area contributed by atoms with E-state index in [-0.39, 0.29) is 70.1 Å². The molecule has 9 heteroatoms. The molecule has 0 aliphatic rings. The van der Waals surface area contributed by atoms with E-state index in [9.17, 15) is 0 Å². The van der Waals surface area contributed by atoms with E-state index < -0.39 is 16.7 Å². The van der Waals surface area contributed by atoms with Crippen molar-refractivity contribution < 1.29 is 42.0 Å². The van der Waals surface area contributed by atoms with Crippen molar-refractivity contribution in [2.24, 2.45) is 0 Å². The van der Waals surface area contributed by atoms with Gasteiger partial charge in [0.25, 0.3) is 0 Å². The Balaban J connectivity index is -0.0000000133. The fourth-order valence-corrected chi connectivity index (χ4v) is 0. The third kappa shape index (κ3) is 148. The van der Waals surface area contributed by atoms with Gasteiger partial charge in [0, 0.05) is 59.1 Å². The molecule has 50 valence electrons. The first-order chi connectivity index (χ1) is 2.00. The summed E-state index contributed by atoms with van der Waals surface area (Å²) in [5, 5.41) is 0. The number of hydrogen-bond donors (Lipinski definition) is 2. The zero-order valence-electron chi connectivity index (χ0n) is 5.12. The van der Waals surface area contributed by atoms with E-state index in [0.717, 1.165) is 0 Å². The summed E-state index contributed by atoms with van der Waals surface area (Å²) in [4.78, 5) is 0. The Hall–Kier alpha value is 2.13. The van der Waals surface area contributed by atoms with E-state index in [4.69, 9.17) is 14.3 Å². The van der Waals surface area contributed by atoms with Crippen molar-refractivity contribution in [3.63, 3.8) is 0 Å². The second-order valence-electron chi connectivity index (χ2n) is 0.448. The molecule has 2 radical (unpaired) electrons. The summed E-state index contributed by atoms with van der Waals surface area (Å²) in [5.74, 6) is 0. The first kappa shape index (κ1) is 30.4. The van der Waals surface area contributed by atoms with Gasteiger partial charge in [-0.25, -0.2) is 0 Å². The van der Waals surface area contributed by atoms with Gasteiger partial charge in [-0.05, 0) is 0 Å². The number of hydrogen-bond acceptors (Lipinski definition) is 2. The first-order valence-electron chi connectivity index (χ1n) is 0.698. The van der Waals surface area contributed by atoms with E-state index in [0.29, 0.717) is 0 Å². The van der Waals surface area contributed by atoms with Crippen LogP contribution in [0.2, 0.25) is 0 Å². The Labute approximate surface area is 99.6 Å². The molecule has 0 saturated heterocycles. The van der Waals surface area contributed by atoms with Crippen LogP contribution in [-0.4, -0.2) is 77.6 Å². The van der Waals surface area contributed by atoms with Gasteiger partial charge in [0.2, 0.25) is 0 Å². The Bertz CT molecular complexity index is 94.2. The SMILES string of the molecule is O.O.[Na].[Na].[O]=[W](=[O])([OH])[OH]. The summed E-state index contributed by atoms with van der Waals surface area (Å²) in [5.41, 5.74) is 0. The molecule has 0 aliphatic heterocycles. The summed E-state index contributed by atoms with van der Waals surface area (Å²) >= 11 is -5.67. The standard InChI is InChI=1S/2Na.4H2O.2O.W/h;;4*1H2;;;/q;;;;;;;;+2/p-2. The maximum absolute atomic E-state index is 8.87. The first-order valence-corrected chi connectivity index (χ1v) is 5.72. The van der Waals surface area contributed by atoms with Crippen LogP contribution in [0.25, 0.3) is 0 Å². The van der Waals surface area contributed by atoms with Gasteiger partial charge >= 0.3 is 31.1 Å². The predicted molar refractivity (Wildman–Crippen MR) is 24.5 cm³/mol. The third-order valence-electron chi connectivity index (χ3n) is 0. The molecule has 0 spiro atoms. The number of rotatable bonds is 0. The van der Waals surface area contributed by atoms with E-state index in [1.165, 1.54) is 0 Å². The molecule has 0 unspecified atom stereocenters. The van der Waals surface area contributed by atoms with Crippen molar-refractivity contribution in [1.29, 1.82) is 0 Å². The molecule has 0 atom stereocenters. The van der Waals surface area contributed by atoms with E-state index in [1.54, 1.807) is 0 Å². The third-order valence-corrected chi connectivity index (χ3v) is 0. The van der Waals surface area contributed by atoms with Gasteiger partial charge in [-0.2, -0.15) is 0 Å². The zero-order chi connectivity index (χ0) is 4.50. The minimum absolute atomic E-state index is 0. The van der Waals surface area contributed by atoms with Crippen LogP contribution in [0.4, 0.5) is 0 Å². The van der Waals surface area contributed by atoms with Crippen molar-refractivity contribution in [1.82, 2.24) is 0 Å². The molecule has 0 saturated carbocycles. The second kappa shape index (κ2) is 12.8. The Kier molecular flexibility index (Phi) is 43.1. The quantitative estimate of drug-likeness (QED) is 0.440. The molecule has 6 N–H and O–H groups in total. The average molecular weight is 332 g/mol. The van der Waals surface area contributed by atoms with Crippen LogP contribution < -0.4 is 0 Å². The molecule has 0 fully saturated rings. The molecule has 0 aliphatic carbocycles. The Morgan fingerprint density at radius 2 is 0.889 bits per heavy atom. The monoisotopic (exact) mass is 332 g/mol. The molecule has 0 aromatic rings. The Morgan fingerprint density at radius 3 is 0.889 bits per heavy atom. The van der Waals surface area contributed by atoms with Gasteiger partial charge < -0.3 is 11.0 Å². The normalized spacial score (nSPS) is 6.44. The van der Waals surface area contributed by atoms with Gasteiger partial charge in [-0.15, -0.1) is 0 Å². The van der Waals surface area contributed by atoms with Gasteiger partial charge in [0.1, 0.15) is 0 Å². The summed E-state index contributed by atoms with van der Waals surface area (Å²) in [7, 11) is 0. The van der Waals surface area contributed by atoms with E-state index in [2.05, 4.69) is 0 Å². The predicted octanol–water partition coefficient (Wildman–Crippen LogP) is -3.77. The molecule has 0 heterocycles. The maximum atomic E-state index is 8.87. The van der Waals surface area contributed by atoms with Gasteiger partial charge in [-0.1, -0.05) is 0 Å². The molecule has 0 aromatic carbocycles. The average Bonchev–Trinajstić information content (AvgIpc) is 0.722. The molecule has 6 nitrogen and oxygen atoms in total. The van der Waals surface area contributed by atoms with Crippen molar-refractivity contribution in [2.45, 2.75) is 0 Å². The molecule has 0 rings (SSSR count). The summed E-state index contributed by atoms with van der Waals surface area (Å²) in [6.45, 7) is 0. The summed E-state index contributed by atoms with van der Waals surface area (Å²) < 4.78 is 32.1. The summed E-state index contributed by atoms with van der Waals surface area (Å²) in [6.07, 6.45) is 0. The van der Waals surface area contributed by atoms with Crippen LogP contribution in [0.3, 0.4) is 0 Å². The van der Waals surface area contributed by atoms with Crippen LogP contribution in [0, 0.1) is 0 Å². The molecule has 0 amide bonds. The Morgan fingerprint density at radius 1 is 0.889 bits per heavy atom. The molecular weight excluding hydrogens is 326 g/mol.